The highest BCUT2D eigenvalue weighted by atomic mass is 32.2. The molecule has 9 heteroatoms. The second-order valence-corrected chi connectivity index (χ2v) is 10.4. The van der Waals surface area contributed by atoms with E-state index >= 15 is 0 Å². The zero-order chi connectivity index (χ0) is 28.2. The zero-order valence-electron chi connectivity index (χ0n) is 21.8. The number of methoxy groups -OCH3 is 1. The van der Waals surface area contributed by atoms with Crippen molar-refractivity contribution in [3.63, 3.8) is 0 Å². The number of carbonyl (C=O) groups is 4. The van der Waals surface area contributed by atoms with Crippen LogP contribution in [0.5, 0.6) is 5.75 Å². The van der Waals surface area contributed by atoms with Crippen LogP contribution in [0.15, 0.2) is 84.9 Å². The van der Waals surface area contributed by atoms with Crippen LogP contribution in [0.4, 0.5) is 0 Å². The molecule has 8 nitrogen and oxygen atoms in total. The molecule has 0 aliphatic heterocycles. The van der Waals surface area contributed by atoms with E-state index < -0.39 is 35.1 Å². The van der Waals surface area contributed by atoms with Crippen LogP contribution < -0.4 is 10.6 Å². The van der Waals surface area contributed by atoms with Gasteiger partial charge in [-0.3, -0.25) is 14.4 Å². The Bertz CT molecular complexity index is 1250. The van der Waals surface area contributed by atoms with Gasteiger partial charge < -0.3 is 20.5 Å². The number of ether oxygens (including phenoxy) is 1. The maximum atomic E-state index is 13.5. The van der Waals surface area contributed by atoms with E-state index in [2.05, 4.69) is 10.6 Å². The van der Waals surface area contributed by atoms with Crippen molar-refractivity contribution in [2.45, 2.75) is 43.5 Å². The fraction of sp³-hybridized carbons (Fsp3) is 0.267. The van der Waals surface area contributed by atoms with Crippen molar-refractivity contribution in [1.82, 2.24) is 10.6 Å². The lowest BCUT2D eigenvalue weighted by atomic mass is 10.0. The number of benzene rings is 3. The van der Waals surface area contributed by atoms with Gasteiger partial charge in [-0.05, 0) is 35.2 Å². The van der Waals surface area contributed by atoms with Gasteiger partial charge in [-0.15, -0.1) is 0 Å². The van der Waals surface area contributed by atoms with Crippen molar-refractivity contribution < 1.29 is 29.0 Å². The minimum Gasteiger partial charge on any atom is -0.508 e. The highest BCUT2D eigenvalue weighted by molar-refractivity contribution is 8.14. The third-order valence-electron chi connectivity index (χ3n) is 5.96. The summed E-state index contributed by atoms with van der Waals surface area (Å²) in [4.78, 5) is 51.4. The molecule has 3 rings (SSSR count). The molecule has 0 aliphatic rings. The SMILES string of the molecule is COC(=O)[C@H](Cc1ccc(O)cc1)NC(=O)[C@H](Cc1ccccc1)NC(=O)[C@H](Cc1ccccc1)SC(C)=O. The second-order valence-electron chi connectivity index (χ2n) is 8.99. The summed E-state index contributed by atoms with van der Waals surface area (Å²) in [5.41, 5.74) is 2.40. The number of esters is 1. The third kappa shape index (κ3) is 9.61. The van der Waals surface area contributed by atoms with Gasteiger partial charge in [-0.1, -0.05) is 84.6 Å². The van der Waals surface area contributed by atoms with E-state index in [0.717, 1.165) is 22.9 Å². The fourth-order valence-corrected chi connectivity index (χ4v) is 4.87. The summed E-state index contributed by atoms with van der Waals surface area (Å²) in [6.07, 6.45) is 0.609. The molecule has 0 unspecified atom stereocenters. The van der Waals surface area contributed by atoms with Crippen molar-refractivity contribution in [3.05, 3.63) is 102 Å². The van der Waals surface area contributed by atoms with Gasteiger partial charge in [0.25, 0.3) is 0 Å². The van der Waals surface area contributed by atoms with Crippen LogP contribution >= 0.6 is 11.8 Å². The standard InChI is InChI=1S/C30H32N2O6S/c1-20(33)39-27(19-22-11-7-4-8-12-22)29(36)31-25(17-21-9-5-3-6-10-21)28(35)32-26(30(37)38-2)18-23-13-15-24(34)16-14-23/h3-16,25-27,34H,17-19H2,1-2H3,(H,31,36)(H,32,35)/t25-,26-,27-/m0/s1. The molecule has 0 aromatic heterocycles. The topological polar surface area (TPSA) is 122 Å². The number of phenols is 1. The number of hydrogen-bond donors (Lipinski definition) is 3. The van der Waals surface area contributed by atoms with E-state index in [0.29, 0.717) is 12.0 Å². The lowest BCUT2D eigenvalue weighted by Gasteiger charge is -2.24. The van der Waals surface area contributed by atoms with Gasteiger partial charge in [-0.2, -0.15) is 0 Å². The van der Waals surface area contributed by atoms with Crippen molar-refractivity contribution in [2.75, 3.05) is 7.11 Å². The Balaban J connectivity index is 1.82. The minimum atomic E-state index is -1.02. The van der Waals surface area contributed by atoms with Gasteiger partial charge in [0.1, 0.15) is 17.8 Å². The van der Waals surface area contributed by atoms with E-state index in [9.17, 15) is 24.3 Å². The van der Waals surface area contributed by atoms with Crippen LogP contribution in [0.2, 0.25) is 0 Å². The van der Waals surface area contributed by atoms with Crippen LogP contribution in [0.1, 0.15) is 23.6 Å². The molecule has 0 radical (unpaired) electrons. The number of amides is 2. The molecule has 3 atom stereocenters. The summed E-state index contributed by atoms with van der Waals surface area (Å²) in [6.45, 7) is 1.40. The molecule has 0 heterocycles. The predicted octanol–water partition coefficient (Wildman–Crippen LogP) is 3.21. The summed E-state index contributed by atoms with van der Waals surface area (Å²) < 4.78 is 4.91. The maximum Gasteiger partial charge on any atom is 0.328 e. The predicted molar refractivity (Wildman–Crippen MR) is 150 cm³/mol. The first-order valence-electron chi connectivity index (χ1n) is 12.5. The minimum absolute atomic E-state index is 0.0801. The summed E-state index contributed by atoms with van der Waals surface area (Å²) in [5, 5.41) is 14.1. The quantitative estimate of drug-likeness (QED) is 0.297. The molecule has 0 fully saturated rings. The number of nitrogens with one attached hydrogen (secondary N) is 2. The van der Waals surface area contributed by atoms with E-state index in [4.69, 9.17) is 4.74 Å². The Morgan fingerprint density at radius 1 is 0.718 bits per heavy atom. The van der Waals surface area contributed by atoms with Gasteiger partial charge in [0.15, 0.2) is 5.12 Å². The average Bonchev–Trinajstić information content (AvgIpc) is 2.93. The lowest BCUT2D eigenvalue weighted by Crippen LogP contribution is -2.54. The Labute approximate surface area is 232 Å². The molecule has 3 N–H and O–H groups in total. The first-order chi connectivity index (χ1) is 18.7. The highest BCUT2D eigenvalue weighted by Crippen LogP contribution is 2.19. The molecule has 0 bridgehead atoms. The van der Waals surface area contributed by atoms with Gasteiger partial charge in [-0.25, -0.2) is 4.79 Å². The van der Waals surface area contributed by atoms with Crippen LogP contribution in [0, 0.1) is 0 Å². The van der Waals surface area contributed by atoms with E-state index in [1.54, 1.807) is 12.1 Å². The number of thioether (sulfide) groups is 1. The first-order valence-corrected chi connectivity index (χ1v) is 13.3. The van der Waals surface area contributed by atoms with Crippen LogP contribution in [-0.2, 0) is 43.2 Å². The zero-order valence-corrected chi connectivity index (χ0v) is 22.6. The normalized spacial score (nSPS) is 13.0. The Hall–Kier alpha value is -4.11. The van der Waals surface area contributed by atoms with E-state index in [-0.39, 0.29) is 23.7 Å². The Morgan fingerprint density at radius 2 is 1.21 bits per heavy atom. The Morgan fingerprint density at radius 3 is 1.74 bits per heavy atom. The molecule has 0 aliphatic carbocycles. The maximum absolute atomic E-state index is 13.5. The molecular weight excluding hydrogens is 516 g/mol. The van der Waals surface area contributed by atoms with Gasteiger partial charge in [0.2, 0.25) is 11.8 Å². The summed E-state index contributed by atoms with van der Waals surface area (Å²) >= 11 is 0.911. The molecular formula is C30H32N2O6S. The number of rotatable bonds is 12. The smallest absolute Gasteiger partial charge is 0.328 e. The molecule has 0 saturated carbocycles. The number of hydrogen-bond acceptors (Lipinski definition) is 7. The molecule has 0 spiro atoms. The lowest BCUT2D eigenvalue weighted by molar-refractivity contribution is -0.145. The molecule has 2 amide bonds. The number of phenolic OH excluding ortho intramolecular Hbond substituents is 1. The largest absolute Gasteiger partial charge is 0.508 e. The Kier molecular flexibility index (Phi) is 11.1. The van der Waals surface area contributed by atoms with E-state index in [1.165, 1.54) is 26.2 Å². The monoisotopic (exact) mass is 548 g/mol. The fourth-order valence-electron chi connectivity index (χ4n) is 4.02. The summed E-state index contributed by atoms with van der Waals surface area (Å²) in [5.74, 6) is -1.58. The molecule has 3 aromatic rings. The summed E-state index contributed by atoms with van der Waals surface area (Å²) in [7, 11) is 1.23. The first kappa shape index (κ1) is 29.4. The highest BCUT2D eigenvalue weighted by Gasteiger charge is 2.30. The van der Waals surface area contributed by atoms with Gasteiger partial charge in [0, 0.05) is 19.8 Å². The average molecular weight is 549 g/mol. The molecule has 204 valence electrons. The van der Waals surface area contributed by atoms with Crippen molar-refractivity contribution >= 4 is 34.7 Å². The van der Waals surface area contributed by atoms with Crippen molar-refractivity contribution in [3.8, 4) is 5.75 Å². The summed E-state index contributed by atoms with van der Waals surface area (Å²) in [6, 6.07) is 22.8. The number of carbonyl (C=O) groups excluding carboxylic acids is 4. The molecule has 39 heavy (non-hydrogen) atoms. The van der Waals surface area contributed by atoms with Crippen LogP contribution in [0.25, 0.3) is 0 Å². The van der Waals surface area contributed by atoms with Gasteiger partial charge in [0.05, 0.1) is 12.4 Å². The van der Waals surface area contributed by atoms with Crippen molar-refractivity contribution in [2.24, 2.45) is 0 Å². The van der Waals surface area contributed by atoms with Crippen molar-refractivity contribution in [1.29, 1.82) is 0 Å². The number of aromatic hydroxyl groups is 1. The second kappa shape index (κ2) is 14.7. The van der Waals surface area contributed by atoms with Gasteiger partial charge >= 0.3 is 5.97 Å². The van der Waals surface area contributed by atoms with Crippen LogP contribution in [-0.4, -0.2) is 52.4 Å². The molecule has 3 aromatic carbocycles. The third-order valence-corrected chi connectivity index (χ3v) is 6.96. The molecule has 0 saturated heterocycles. The van der Waals surface area contributed by atoms with Crippen LogP contribution in [0.3, 0.4) is 0 Å². The van der Waals surface area contributed by atoms with E-state index in [1.807, 2.05) is 60.7 Å².